The predicted molar refractivity (Wildman–Crippen MR) is 46.9 cm³/mol. The highest BCUT2D eigenvalue weighted by Crippen LogP contribution is 1.96. The van der Waals surface area contributed by atoms with Crippen molar-refractivity contribution in [2.45, 2.75) is 6.92 Å². The highest BCUT2D eigenvalue weighted by atomic mass is 16.2. The topological polar surface area (TPSA) is 88.1 Å². The van der Waals surface area contributed by atoms with E-state index in [1.54, 1.807) is 21.0 Å². The van der Waals surface area contributed by atoms with E-state index in [0.29, 0.717) is 5.70 Å². The van der Waals surface area contributed by atoms with Crippen LogP contribution in [0, 0.1) is 0 Å². The third-order valence-corrected chi connectivity index (χ3v) is 1.08. The van der Waals surface area contributed by atoms with Gasteiger partial charge in [0.25, 0.3) is 0 Å². The zero-order valence-corrected chi connectivity index (χ0v) is 7.81. The van der Waals surface area contributed by atoms with Crippen molar-refractivity contribution in [1.29, 1.82) is 0 Å². The Hall–Kier alpha value is -1.72. The van der Waals surface area contributed by atoms with Crippen LogP contribution < -0.4 is 5.73 Å². The maximum absolute atomic E-state index is 11.0. The lowest BCUT2D eigenvalue weighted by Crippen LogP contribution is -2.19. The van der Waals surface area contributed by atoms with E-state index < -0.39 is 6.03 Å². The average molecular weight is 184 g/mol. The summed E-state index contributed by atoms with van der Waals surface area (Å²) in [5.41, 5.74) is 5.04. The summed E-state index contributed by atoms with van der Waals surface area (Å²) in [5, 5.41) is 6.47. The van der Waals surface area contributed by atoms with Crippen LogP contribution in [-0.2, 0) is 4.79 Å². The van der Waals surface area contributed by atoms with Gasteiger partial charge in [0.15, 0.2) is 0 Å². The Balaban J connectivity index is 4.33. The maximum atomic E-state index is 11.0. The first-order chi connectivity index (χ1) is 5.93. The zero-order valence-electron chi connectivity index (χ0n) is 7.81. The lowest BCUT2D eigenvalue weighted by molar-refractivity contribution is -0.123. The summed E-state index contributed by atoms with van der Waals surface area (Å²) < 4.78 is 0. The molecule has 0 aliphatic heterocycles. The first-order valence-electron chi connectivity index (χ1n) is 3.54. The molecule has 0 unspecified atom stereocenters. The van der Waals surface area contributed by atoms with Crippen molar-refractivity contribution in [3.05, 3.63) is 11.8 Å². The number of nitrogens with two attached hydrogens (primary N) is 1. The van der Waals surface area contributed by atoms with Crippen LogP contribution in [0.1, 0.15) is 6.92 Å². The lowest BCUT2D eigenvalue weighted by atomic mass is 10.4. The molecule has 0 aromatic rings. The van der Waals surface area contributed by atoms with Crippen molar-refractivity contribution in [3.8, 4) is 0 Å². The molecule has 6 nitrogen and oxygen atoms in total. The van der Waals surface area contributed by atoms with Crippen molar-refractivity contribution in [3.63, 3.8) is 0 Å². The molecule has 0 saturated carbocycles. The maximum Gasteiger partial charge on any atom is 0.356 e. The molecule has 0 aromatic carbocycles. The minimum Gasteiger partial charge on any atom is -0.348 e. The van der Waals surface area contributed by atoms with Crippen LogP contribution >= 0.6 is 0 Å². The molecule has 0 aliphatic carbocycles. The molecule has 13 heavy (non-hydrogen) atoms. The van der Waals surface area contributed by atoms with Crippen LogP contribution in [-0.4, -0.2) is 30.9 Å². The summed E-state index contributed by atoms with van der Waals surface area (Å²) in [7, 11) is 3.22. The summed E-state index contributed by atoms with van der Waals surface area (Å²) in [6.07, 6.45) is 1.26. The molecule has 0 saturated heterocycles. The molecular formula is C7H12N4O2. The van der Waals surface area contributed by atoms with Gasteiger partial charge in [-0.05, 0) is 6.92 Å². The first-order valence-corrected chi connectivity index (χ1v) is 3.54. The Morgan fingerprint density at radius 3 is 2.23 bits per heavy atom. The number of nitrogens with zero attached hydrogens (tertiary/aromatic N) is 3. The summed E-state index contributed by atoms with van der Waals surface area (Å²) in [5.74, 6) is -0.221. The van der Waals surface area contributed by atoms with Crippen LogP contribution in [0.4, 0.5) is 4.79 Å². The third-order valence-electron chi connectivity index (χ3n) is 1.08. The zero-order chi connectivity index (χ0) is 10.4. The molecule has 6 heteroatoms. The number of likely N-dealkylation sites (N-methyl/N-ethyl adjacent to an activating group) is 1. The van der Waals surface area contributed by atoms with E-state index in [0.717, 1.165) is 0 Å². The summed E-state index contributed by atoms with van der Waals surface area (Å²) >= 11 is 0. The van der Waals surface area contributed by atoms with Crippen LogP contribution in [0.3, 0.4) is 0 Å². The predicted octanol–water partition coefficient (Wildman–Crippen LogP) is 0.509. The molecular weight excluding hydrogens is 172 g/mol. The number of amides is 3. The van der Waals surface area contributed by atoms with E-state index in [1.165, 1.54) is 11.0 Å². The molecule has 0 rings (SSSR count). The van der Waals surface area contributed by atoms with Crippen molar-refractivity contribution in [2.24, 2.45) is 16.0 Å². The van der Waals surface area contributed by atoms with Gasteiger partial charge < -0.3 is 10.6 Å². The van der Waals surface area contributed by atoms with Gasteiger partial charge in [-0.15, -0.1) is 0 Å². The second-order valence-electron chi connectivity index (χ2n) is 2.56. The van der Waals surface area contributed by atoms with Gasteiger partial charge in [0.2, 0.25) is 5.91 Å². The van der Waals surface area contributed by atoms with Gasteiger partial charge in [0.05, 0.1) is 5.70 Å². The highest BCUT2D eigenvalue weighted by molar-refractivity contribution is 5.87. The normalized spacial score (nSPS) is 11.8. The molecule has 0 aliphatic rings. The van der Waals surface area contributed by atoms with Gasteiger partial charge in [0, 0.05) is 20.2 Å². The largest absolute Gasteiger partial charge is 0.356 e. The molecule has 0 radical (unpaired) electrons. The smallest absolute Gasteiger partial charge is 0.348 e. The fourth-order valence-corrected chi connectivity index (χ4v) is 0.465. The minimum absolute atomic E-state index is 0.221. The lowest BCUT2D eigenvalue weighted by Gasteiger charge is -2.05. The number of hydrogen-bond acceptors (Lipinski definition) is 3. The number of hydrogen-bond donors (Lipinski definition) is 1. The standard InChI is InChI=1S/C7H12N4O2/c1-5(9-10-7(8)13)4-6(12)11(2)3/h4H,1-3H3,(H2,8,13)/b5-4+,10-9?. The van der Waals surface area contributed by atoms with E-state index >= 15 is 0 Å². The van der Waals surface area contributed by atoms with Crippen LogP contribution in [0.2, 0.25) is 0 Å². The third kappa shape index (κ3) is 5.54. The summed E-state index contributed by atoms with van der Waals surface area (Å²) in [6.45, 7) is 1.55. The van der Waals surface area contributed by atoms with Gasteiger partial charge >= 0.3 is 6.03 Å². The van der Waals surface area contributed by atoms with E-state index in [9.17, 15) is 9.59 Å². The summed E-state index contributed by atoms with van der Waals surface area (Å²) in [4.78, 5) is 22.6. The highest BCUT2D eigenvalue weighted by Gasteiger charge is 1.99. The van der Waals surface area contributed by atoms with E-state index in [1.807, 2.05) is 0 Å². The Morgan fingerprint density at radius 1 is 1.31 bits per heavy atom. The molecule has 3 amide bonds. The van der Waals surface area contributed by atoms with Gasteiger partial charge in [-0.25, -0.2) is 4.79 Å². The Kier molecular flexibility index (Phi) is 4.36. The number of rotatable bonds is 2. The monoisotopic (exact) mass is 184 g/mol. The number of allylic oxidation sites excluding steroid dienone is 1. The molecule has 0 bridgehead atoms. The van der Waals surface area contributed by atoms with Crippen molar-refractivity contribution in [1.82, 2.24) is 4.90 Å². The van der Waals surface area contributed by atoms with Gasteiger partial charge in [-0.3, -0.25) is 4.79 Å². The van der Waals surface area contributed by atoms with Crippen molar-refractivity contribution < 1.29 is 9.59 Å². The molecule has 0 fully saturated rings. The summed E-state index contributed by atoms with van der Waals surface area (Å²) in [6, 6.07) is -0.884. The number of azo groups is 1. The molecule has 0 heterocycles. The number of urea groups is 1. The van der Waals surface area contributed by atoms with Crippen molar-refractivity contribution in [2.75, 3.05) is 14.1 Å². The minimum atomic E-state index is -0.884. The Labute approximate surface area is 76.1 Å². The SMILES string of the molecule is C/C(=C\C(=O)N(C)C)N=NC(N)=O. The van der Waals surface area contributed by atoms with Gasteiger partial charge in [-0.2, -0.15) is 5.11 Å². The van der Waals surface area contributed by atoms with Crippen LogP contribution in [0.25, 0.3) is 0 Å². The fourth-order valence-electron chi connectivity index (χ4n) is 0.465. The molecule has 0 atom stereocenters. The first kappa shape index (κ1) is 11.3. The molecule has 72 valence electrons. The quantitative estimate of drug-likeness (QED) is 0.500. The Morgan fingerprint density at radius 2 is 1.85 bits per heavy atom. The van der Waals surface area contributed by atoms with E-state index in [-0.39, 0.29) is 5.91 Å². The van der Waals surface area contributed by atoms with Gasteiger partial charge in [0.1, 0.15) is 0 Å². The number of carbonyl (C=O) groups excluding carboxylic acids is 2. The fraction of sp³-hybridized carbons (Fsp3) is 0.429. The second-order valence-corrected chi connectivity index (χ2v) is 2.56. The second kappa shape index (κ2) is 5.02. The number of carbonyl (C=O) groups is 2. The van der Waals surface area contributed by atoms with Gasteiger partial charge in [-0.1, -0.05) is 5.11 Å². The van der Waals surface area contributed by atoms with Crippen molar-refractivity contribution >= 4 is 11.9 Å². The molecule has 0 spiro atoms. The molecule has 2 N–H and O–H groups in total. The molecule has 0 aromatic heterocycles. The van der Waals surface area contributed by atoms with E-state index in [4.69, 9.17) is 5.73 Å². The number of primary amides is 1. The van der Waals surface area contributed by atoms with E-state index in [2.05, 4.69) is 10.2 Å². The van der Waals surface area contributed by atoms with Crippen LogP contribution in [0.5, 0.6) is 0 Å². The average Bonchev–Trinajstić information content (AvgIpc) is 2.00. The Bertz CT molecular complexity index is 268. The van der Waals surface area contributed by atoms with Crippen LogP contribution in [0.15, 0.2) is 22.0 Å².